The van der Waals surface area contributed by atoms with Gasteiger partial charge in [-0.25, -0.2) is 0 Å². The Bertz CT molecular complexity index is 146. The molecule has 0 rings (SSSR count). The van der Waals surface area contributed by atoms with Crippen molar-refractivity contribution in [2.75, 3.05) is 26.3 Å². The molecule has 0 aromatic rings. The minimum Gasteiger partial charge on any atom is -0.381 e. The average Bonchev–Trinajstić information content (AvgIpc) is 2.21. The Hall–Kier alpha value is -0.0800. The molecule has 0 saturated heterocycles. The molecule has 2 heteroatoms. The zero-order valence-corrected chi connectivity index (χ0v) is 12.0. The van der Waals surface area contributed by atoms with Crippen LogP contribution in [0.3, 0.4) is 0 Å². The van der Waals surface area contributed by atoms with Gasteiger partial charge in [0, 0.05) is 25.8 Å². The van der Waals surface area contributed by atoms with Crippen molar-refractivity contribution < 1.29 is 4.74 Å². The van der Waals surface area contributed by atoms with Crippen LogP contribution in [0.25, 0.3) is 0 Å². The zero-order valence-electron chi connectivity index (χ0n) is 12.0. The first-order valence-corrected chi connectivity index (χ1v) is 6.89. The molecular weight excluding hydrogens is 198 g/mol. The first-order chi connectivity index (χ1) is 7.57. The SMILES string of the molecule is CCN(CCCOCCCC(C)C)C(C)C. The van der Waals surface area contributed by atoms with Gasteiger partial charge in [0.1, 0.15) is 0 Å². The van der Waals surface area contributed by atoms with Crippen LogP contribution in [-0.4, -0.2) is 37.2 Å². The minimum absolute atomic E-state index is 0.658. The maximum absolute atomic E-state index is 5.63. The van der Waals surface area contributed by atoms with Crippen LogP contribution < -0.4 is 0 Å². The topological polar surface area (TPSA) is 12.5 Å². The third-order valence-corrected chi connectivity index (χ3v) is 2.94. The van der Waals surface area contributed by atoms with Crippen molar-refractivity contribution in [1.29, 1.82) is 0 Å². The van der Waals surface area contributed by atoms with E-state index in [9.17, 15) is 0 Å². The number of hydrogen-bond acceptors (Lipinski definition) is 2. The van der Waals surface area contributed by atoms with Gasteiger partial charge in [-0.2, -0.15) is 0 Å². The largest absolute Gasteiger partial charge is 0.381 e. The lowest BCUT2D eigenvalue weighted by Crippen LogP contribution is -2.32. The van der Waals surface area contributed by atoms with Gasteiger partial charge in [-0.3, -0.25) is 0 Å². The van der Waals surface area contributed by atoms with Crippen molar-refractivity contribution in [3.8, 4) is 0 Å². The molecule has 0 radical (unpaired) electrons. The van der Waals surface area contributed by atoms with Crippen LogP contribution in [0.5, 0.6) is 0 Å². The lowest BCUT2D eigenvalue weighted by molar-refractivity contribution is 0.111. The van der Waals surface area contributed by atoms with Gasteiger partial charge in [0.2, 0.25) is 0 Å². The lowest BCUT2D eigenvalue weighted by atomic mass is 10.1. The maximum atomic E-state index is 5.63. The fourth-order valence-electron chi connectivity index (χ4n) is 1.85. The highest BCUT2D eigenvalue weighted by molar-refractivity contribution is 4.59. The average molecular weight is 229 g/mol. The van der Waals surface area contributed by atoms with Gasteiger partial charge < -0.3 is 9.64 Å². The summed E-state index contributed by atoms with van der Waals surface area (Å²) in [6.45, 7) is 15.4. The third-order valence-electron chi connectivity index (χ3n) is 2.94. The van der Waals surface area contributed by atoms with Crippen molar-refractivity contribution in [1.82, 2.24) is 4.90 Å². The standard InChI is InChI=1S/C14H31NO/c1-6-15(14(4)5)10-8-12-16-11-7-9-13(2)3/h13-14H,6-12H2,1-5H3. The fourth-order valence-corrected chi connectivity index (χ4v) is 1.85. The van der Waals surface area contributed by atoms with E-state index >= 15 is 0 Å². The molecule has 0 atom stereocenters. The Labute approximate surface area is 102 Å². The summed E-state index contributed by atoms with van der Waals surface area (Å²) in [4.78, 5) is 2.48. The predicted octanol–water partition coefficient (Wildman–Crippen LogP) is 3.56. The second-order valence-electron chi connectivity index (χ2n) is 5.22. The van der Waals surface area contributed by atoms with Crippen molar-refractivity contribution in [3.05, 3.63) is 0 Å². The van der Waals surface area contributed by atoms with Gasteiger partial charge in [-0.15, -0.1) is 0 Å². The molecule has 0 bridgehead atoms. The van der Waals surface area contributed by atoms with Gasteiger partial charge in [-0.05, 0) is 45.6 Å². The third kappa shape index (κ3) is 9.17. The summed E-state index contributed by atoms with van der Waals surface area (Å²) in [6.07, 6.45) is 3.65. The van der Waals surface area contributed by atoms with Crippen LogP contribution in [0, 0.1) is 5.92 Å². The molecule has 0 amide bonds. The molecule has 0 unspecified atom stereocenters. The summed E-state index contributed by atoms with van der Waals surface area (Å²) in [6, 6.07) is 0.658. The highest BCUT2D eigenvalue weighted by atomic mass is 16.5. The van der Waals surface area contributed by atoms with Crippen LogP contribution in [-0.2, 0) is 4.74 Å². The second kappa shape index (κ2) is 10.1. The Balaban J connectivity index is 3.26. The molecule has 0 aliphatic heterocycles. The molecular formula is C14H31NO. The molecule has 0 fully saturated rings. The summed E-state index contributed by atoms with van der Waals surface area (Å²) in [5.74, 6) is 0.806. The molecule has 98 valence electrons. The summed E-state index contributed by atoms with van der Waals surface area (Å²) in [5, 5.41) is 0. The maximum Gasteiger partial charge on any atom is 0.0478 e. The van der Waals surface area contributed by atoms with E-state index in [2.05, 4.69) is 39.5 Å². The van der Waals surface area contributed by atoms with E-state index in [4.69, 9.17) is 4.74 Å². The minimum atomic E-state index is 0.658. The smallest absolute Gasteiger partial charge is 0.0478 e. The molecule has 0 heterocycles. The summed E-state index contributed by atoms with van der Waals surface area (Å²) < 4.78 is 5.63. The Kier molecular flexibility index (Phi) is 10.0. The van der Waals surface area contributed by atoms with E-state index in [-0.39, 0.29) is 0 Å². The molecule has 0 aromatic carbocycles. The quantitative estimate of drug-likeness (QED) is 0.531. The Morgan fingerprint density at radius 3 is 2.12 bits per heavy atom. The van der Waals surface area contributed by atoms with Gasteiger partial charge in [0.05, 0.1) is 0 Å². The molecule has 16 heavy (non-hydrogen) atoms. The van der Waals surface area contributed by atoms with Crippen LogP contribution in [0.1, 0.15) is 53.9 Å². The number of rotatable bonds is 10. The van der Waals surface area contributed by atoms with E-state index in [0.29, 0.717) is 6.04 Å². The van der Waals surface area contributed by atoms with Crippen LogP contribution in [0.4, 0.5) is 0 Å². The van der Waals surface area contributed by atoms with E-state index in [1.54, 1.807) is 0 Å². The molecule has 0 aliphatic rings. The number of ether oxygens (including phenoxy) is 1. The first-order valence-electron chi connectivity index (χ1n) is 6.89. The van der Waals surface area contributed by atoms with Gasteiger partial charge >= 0.3 is 0 Å². The Morgan fingerprint density at radius 1 is 1.00 bits per heavy atom. The molecule has 0 aromatic heterocycles. The normalized spacial score (nSPS) is 12.0. The Morgan fingerprint density at radius 2 is 1.62 bits per heavy atom. The fraction of sp³-hybridized carbons (Fsp3) is 1.00. The van der Waals surface area contributed by atoms with Crippen molar-refractivity contribution in [2.24, 2.45) is 5.92 Å². The summed E-state index contributed by atoms with van der Waals surface area (Å²) in [5.41, 5.74) is 0. The van der Waals surface area contributed by atoms with Crippen molar-refractivity contribution in [3.63, 3.8) is 0 Å². The van der Waals surface area contributed by atoms with E-state index < -0.39 is 0 Å². The van der Waals surface area contributed by atoms with Gasteiger partial charge in [0.15, 0.2) is 0 Å². The number of hydrogen-bond donors (Lipinski definition) is 0. The predicted molar refractivity (Wildman–Crippen MR) is 71.9 cm³/mol. The monoisotopic (exact) mass is 229 g/mol. The van der Waals surface area contributed by atoms with Crippen LogP contribution in [0.15, 0.2) is 0 Å². The van der Waals surface area contributed by atoms with Crippen molar-refractivity contribution in [2.45, 2.75) is 59.9 Å². The first kappa shape index (κ1) is 15.9. The zero-order chi connectivity index (χ0) is 12.4. The molecule has 0 saturated carbocycles. The van der Waals surface area contributed by atoms with Gasteiger partial charge in [0.25, 0.3) is 0 Å². The van der Waals surface area contributed by atoms with E-state index in [1.165, 1.54) is 19.4 Å². The lowest BCUT2D eigenvalue weighted by Gasteiger charge is -2.24. The highest BCUT2D eigenvalue weighted by Crippen LogP contribution is 2.03. The molecule has 0 N–H and O–H groups in total. The summed E-state index contributed by atoms with van der Waals surface area (Å²) in [7, 11) is 0. The van der Waals surface area contributed by atoms with Crippen molar-refractivity contribution >= 4 is 0 Å². The van der Waals surface area contributed by atoms with E-state index in [0.717, 1.165) is 32.1 Å². The number of nitrogens with zero attached hydrogens (tertiary/aromatic N) is 1. The molecule has 0 aliphatic carbocycles. The second-order valence-corrected chi connectivity index (χ2v) is 5.22. The summed E-state index contributed by atoms with van der Waals surface area (Å²) >= 11 is 0. The molecule has 2 nitrogen and oxygen atoms in total. The van der Waals surface area contributed by atoms with E-state index in [1.807, 2.05) is 0 Å². The van der Waals surface area contributed by atoms with Gasteiger partial charge in [-0.1, -0.05) is 20.8 Å². The van der Waals surface area contributed by atoms with Crippen LogP contribution >= 0.6 is 0 Å². The van der Waals surface area contributed by atoms with Crippen LogP contribution in [0.2, 0.25) is 0 Å². The molecule has 0 spiro atoms. The highest BCUT2D eigenvalue weighted by Gasteiger charge is 2.05.